The average molecular weight is 300 g/mol. The molecule has 0 radical (unpaired) electrons. The van der Waals surface area contributed by atoms with Gasteiger partial charge in [0.1, 0.15) is 0 Å². The van der Waals surface area contributed by atoms with Gasteiger partial charge in [0.25, 0.3) is 0 Å². The molecule has 3 rings (SSSR count). The van der Waals surface area contributed by atoms with Gasteiger partial charge in [-0.15, -0.1) is 0 Å². The van der Waals surface area contributed by atoms with Crippen molar-refractivity contribution >= 4 is 5.91 Å². The van der Waals surface area contributed by atoms with Crippen LogP contribution in [0.15, 0.2) is 18.2 Å². The average Bonchev–Trinajstić information content (AvgIpc) is 2.54. The van der Waals surface area contributed by atoms with Crippen LogP contribution < -0.4 is 11.1 Å². The van der Waals surface area contributed by atoms with Crippen LogP contribution in [0.4, 0.5) is 0 Å². The quantitative estimate of drug-likeness (QED) is 0.821. The van der Waals surface area contributed by atoms with Gasteiger partial charge in [0, 0.05) is 5.56 Å². The van der Waals surface area contributed by atoms with Crippen LogP contribution in [0.3, 0.4) is 0 Å². The summed E-state index contributed by atoms with van der Waals surface area (Å²) in [5, 5.41) is 3.28. The number of hydrogen-bond donors (Lipinski definition) is 2. The number of primary amides is 1. The van der Waals surface area contributed by atoms with Crippen LogP contribution in [0.25, 0.3) is 0 Å². The molecule has 1 unspecified atom stereocenters. The van der Waals surface area contributed by atoms with Crippen molar-refractivity contribution < 1.29 is 4.79 Å². The van der Waals surface area contributed by atoms with Gasteiger partial charge in [-0.1, -0.05) is 18.9 Å². The fourth-order valence-corrected chi connectivity index (χ4v) is 4.87. The summed E-state index contributed by atoms with van der Waals surface area (Å²) in [4.78, 5) is 11.6. The number of aryl methyl sites for hydroxylation is 1. The minimum absolute atomic E-state index is 0.286. The van der Waals surface area contributed by atoms with Gasteiger partial charge in [0.05, 0.1) is 0 Å². The van der Waals surface area contributed by atoms with Gasteiger partial charge in [-0.25, -0.2) is 0 Å². The third-order valence-corrected chi connectivity index (χ3v) is 5.95. The van der Waals surface area contributed by atoms with E-state index in [4.69, 9.17) is 5.73 Å². The number of nitrogens with one attached hydrogen (secondary N) is 1. The van der Waals surface area contributed by atoms with Crippen LogP contribution in [-0.4, -0.2) is 19.5 Å². The largest absolute Gasteiger partial charge is 0.366 e. The van der Waals surface area contributed by atoms with E-state index in [1.165, 1.54) is 56.1 Å². The number of benzene rings is 1. The number of carbonyl (C=O) groups is 1. The summed E-state index contributed by atoms with van der Waals surface area (Å²) in [5.74, 6) is 0.486. The number of carbonyl (C=O) groups excluding carboxylic acids is 1. The van der Waals surface area contributed by atoms with E-state index in [0.717, 1.165) is 18.9 Å². The number of amides is 1. The monoisotopic (exact) mass is 300 g/mol. The van der Waals surface area contributed by atoms with Gasteiger partial charge in [-0.2, -0.15) is 0 Å². The second-order valence-corrected chi connectivity index (χ2v) is 7.08. The van der Waals surface area contributed by atoms with Crippen LogP contribution in [0.2, 0.25) is 0 Å². The highest BCUT2D eigenvalue weighted by Gasteiger charge is 2.44. The topological polar surface area (TPSA) is 55.1 Å². The van der Waals surface area contributed by atoms with Crippen molar-refractivity contribution in [3.8, 4) is 0 Å². The molecule has 1 amide bonds. The zero-order valence-electron chi connectivity index (χ0n) is 13.7. The number of nitrogens with two attached hydrogens (primary N) is 1. The van der Waals surface area contributed by atoms with Crippen molar-refractivity contribution in [1.82, 2.24) is 5.32 Å². The molecular formula is C19H28N2O. The molecule has 1 saturated carbocycles. The molecule has 2 aliphatic rings. The van der Waals surface area contributed by atoms with Crippen molar-refractivity contribution in [1.29, 1.82) is 0 Å². The smallest absolute Gasteiger partial charge is 0.248 e. The highest BCUT2D eigenvalue weighted by molar-refractivity contribution is 5.93. The zero-order valence-corrected chi connectivity index (χ0v) is 13.7. The number of hydrogen-bond acceptors (Lipinski definition) is 2. The molecule has 2 atom stereocenters. The van der Waals surface area contributed by atoms with Crippen LogP contribution in [-0.2, 0) is 11.8 Å². The van der Waals surface area contributed by atoms with E-state index < -0.39 is 0 Å². The zero-order chi connectivity index (χ0) is 15.6. The molecular weight excluding hydrogens is 272 g/mol. The maximum absolute atomic E-state index is 11.6. The van der Waals surface area contributed by atoms with Crippen LogP contribution in [0, 0.1) is 5.92 Å². The van der Waals surface area contributed by atoms with Gasteiger partial charge in [-0.05, 0) is 86.7 Å². The Bertz CT molecular complexity index is 554. The fourth-order valence-electron chi connectivity index (χ4n) is 4.87. The van der Waals surface area contributed by atoms with E-state index in [1.807, 2.05) is 13.1 Å². The Morgan fingerprint density at radius 3 is 3.00 bits per heavy atom. The van der Waals surface area contributed by atoms with E-state index in [1.54, 1.807) is 0 Å². The van der Waals surface area contributed by atoms with Gasteiger partial charge >= 0.3 is 0 Å². The molecule has 1 fully saturated rings. The van der Waals surface area contributed by atoms with Crippen molar-refractivity contribution in [2.24, 2.45) is 11.7 Å². The predicted molar refractivity (Wildman–Crippen MR) is 90.1 cm³/mol. The Balaban J connectivity index is 2.01. The predicted octanol–water partition coefficient (Wildman–Crippen LogP) is 3.16. The molecule has 3 heteroatoms. The molecule has 0 bridgehead atoms. The molecule has 3 N–H and O–H groups in total. The van der Waals surface area contributed by atoms with Crippen molar-refractivity contribution in [2.75, 3.05) is 13.6 Å². The first-order valence-corrected chi connectivity index (χ1v) is 8.75. The first kappa shape index (κ1) is 15.5. The molecule has 2 aliphatic carbocycles. The first-order chi connectivity index (χ1) is 10.7. The van der Waals surface area contributed by atoms with Crippen LogP contribution >= 0.6 is 0 Å². The first-order valence-electron chi connectivity index (χ1n) is 8.75. The highest BCUT2D eigenvalue weighted by atomic mass is 16.1. The lowest BCUT2D eigenvalue weighted by Gasteiger charge is -2.49. The van der Waals surface area contributed by atoms with E-state index in [0.29, 0.717) is 5.56 Å². The van der Waals surface area contributed by atoms with Gasteiger partial charge in [0.2, 0.25) is 5.91 Å². The second kappa shape index (κ2) is 6.41. The normalized spacial score (nSPS) is 27.0. The molecule has 22 heavy (non-hydrogen) atoms. The van der Waals surface area contributed by atoms with Crippen molar-refractivity contribution in [2.45, 2.75) is 56.8 Å². The summed E-state index contributed by atoms with van der Waals surface area (Å²) < 4.78 is 0. The highest BCUT2D eigenvalue weighted by Crippen LogP contribution is 2.52. The molecule has 3 nitrogen and oxygen atoms in total. The minimum Gasteiger partial charge on any atom is -0.366 e. The maximum atomic E-state index is 11.6. The van der Waals surface area contributed by atoms with Gasteiger partial charge in [0.15, 0.2) is 0 Å². The Hall–Kier alpha value is -1.35. The molecule has 1 aromatic carbocycles. The summed E-state index contributed by atoms with van der Waals surface area (Å²) in [6.07, 6.45) is 10.2. The molecule has 0 aliphatic heterocycles. The summed E-state index contributed by atoms with van der Waals surface area (Å²) >= 11 is 0. The Morgan fingerprint density at radius 2 is 2.23 bits per heavy atom. The van der Waals surface area contributed by atoms with Gasteiger partial charge < -0.3 is 11.1 Å². The lowest BCUT2D eigenvalue weighted by Crippen LogP contribution is -2.42. The van der Waals surface area contributed by atoms with E-state index >= 15 is 0 Å². The Kier molecular flexibility index (Phi) is 4.53. The molecule has 0 saturated heterocycles. The second-order valence-electron chi connectivity index (χ2n) is 7.08. The molecule has 0 spiro atoms. The maximum Gasteiger partial charge on any atom is 0.248 e. The molecule has 1 aromatic rings. The summed E-state index contributed by atoms with van der Waals surface area (Å²) in [6, 6.07) is 6.18. The molecule has 120 valence electrons. The van der Waals surface area contributed by atoms with Crippen LogP contribution in [0.1, 0.15) is 66.4 Å². The summed E-state index contributed by atoms with van der Waals surface area (Å²) in [7, 11) is 2.02. The van der Waals surface area contributed by atoms with E-state index in [9.17, 15) is 4.79 Å². The third-order valence-electron chi connectivity index (χ3n) is 5.95. The Morgan fingerprint density at radius 1 is 1.36 bits per heavy atom. The van der Waals surface area contributed by atoms with Crippen molar-refractivity contribution in [3.05, 3.63) is 34.9 Å². The Labute approximate surface area is 133 Å². The summed E-state index contributed by atoms with van der Waals surface area (Å²) in [5.41, 5.74) is 9.39. The molecule has 0 aromatic heterocycles. The van der Waals surface area contributed by atoms with Gasteiger partial charge in [-0.3, -0.25) is 4.79 Å². The fraction of sp³-hybridized carbons (Fsp3) is 0.632. The lowest BCUT2D eigenvalue weighted by molar-refractivity contribution is 0.0999. The van der Waals surface area contributed by atoms with E-state index in [2.05, 4.69) is 17.4 Å². The SMILES string of the molecule is CNCCC[C@@]12CCCCC1CCc1ccc(C(N)=O)cc12. The standard InChI is InChI=1S/C19H28N2O/c1-21-12-4-11-19-10-3-2-5-16(19)9-8-14-6-7-15(18(20)22)13-17(14)19/h6-7,13,16,21H,2-5,8-12H2,1H3,(H2,20,22)/t16?,19-/m0/s1. The third kappa shape index (κ3) is 2.67. The van der Waals surface area contributed by atoms with Crippen LogP contribution in [0.5, 0.6) is 0 Å². The number of rotatable bonds is 5. The lowest BCUT2D eigenvalue weighted by atomic mass is 9.55. The minimum atomic E-state index is -0.300. The van der Waals surface area contributed by atoms with E-state index in [-0.39, 0.29) is 11.3 Å². The summed E-state index contributed by atoms with van der Waals surface area (Å²) in [6.45, 7) is 1.07. The number of fused-ring (bicyclic) bond motifs is 3. The molecule has 0 heterocycles. The van der Waals surface area contributed by atoms with Crippen molar-refractivity contribution in [3.63, 3.8) is 0 Å².